The Hall–Kier alpha value is -0.810. The number of aromatic hydroxyl groups is 1. The van der Waals surface area contributed by atoms with E-state index in [1.54, 1.807) is 18.2 Å². The number of phenols is 1. The molecule has 1 saturated heterocycles. The van der Waals surface area contributed by atoms with Crippen molar-refractivity contribution in [1.29, 1.82) is 0 Å². The van der Waals surface area contributed by atoms with Crippen molar-refractivity contribution in [2.24, 2.45) is 0 Å². The third-order valence-electron chi connectivity index (χ3n) is 2.69. The van der Waals surface area contributed by atoms with Gasteiger partial charge in [-0.05, 0) is 17.7 Å². The van der Waals surface area contributed by atoms with Gasteiger partial charge in [-0.3, -0.25) is 4.79 Å². The number of carbonyl (C=O) groups is 1. The molecule has 0 spiro atoms. The molecule has 0 bridgehead atoms. The Morgan fingerprint density at radius 3 is 3.06 bits per heavy atom. The Balaban J connectivity index is 1.74. The molecule has 1 aliphatic heterocycles. The van der Waals surface area contributed by atoms with E-state index < -0.39 is 0 Å². The lowest BCUT2D eigenvalue weighted by atomic mass is 10.1. The molecule has 1 aliphatic rings. The van der Waals surface area contributed by atoms with Crippen LogP contribution in [-0.4, -0.2) is 40.1 Å². The van der Waals surface area contributed by atoms with Crippen LogP contribution in [0.25, 0.3) is 0 Å². The van der Waals surface area contributed by atoms with Crippen molar-refractivity contribution in [1.82, 2.24) is 5.32 Å². The molecule has 2 rings (SSSR count). The number of rotatable bonds is 4. The third-order valence-corrected chi connectivity index (χ3v) is 5.53. The number of benzene rings is 1. The Morgan fingerprint density at radius 2 is 2.33 bits per heavy atom. The van der Waals surface area contributed by atoms with E-state index in [2.05, 4.69) is 5.32 Å². The summed E-state index contributed by atoms with van der Waals surface area (Å²) in [4.78, 5) is 11.8. The summed E-state index contributed by atoms with van der Waals surface area (Å²) in [5.41, 5.74) is 0.846. The van der Waals surface area contributed by atoms with Crippen molar-refractivity contribution >= 4 is 29.4 Å². The zero-order valence-corrected chi connectivity index (χ0v) is 11.7. The molecule has 1 unspecified atom stereocenters. The summed E-state index contributed by atoms with van der Waals surface area (Å²) in [6.45, 7) is 0.745. The Morgan fingerprint density at radius 1 is 1.44 bits per heavy atom. The minimum absolute atomic E-state index is 0.0248. The average molecular weight is 283 g/mol. The normalized spacial score (nSPS) is 19.4. The number of hydrogen-bond acceptors (Lipinski definition) is 4. The minimum atomic E-state index is 0.0248. The zero-order chi connectivity index (χ0) is 12.8. The summed E-state index contributed by atoms with van der Waals surface area (Å²) in [7, 11) is 0. The van der Waals surface area contributed by atoms with Crippen LogP contribution >= 0.6 is 23.5 Å². The van der Waals surface area contributed by atoms with Crippen LogP contribution in [-0.2, 0) is 11.2 Å². The fourth-order valence-electron chi connectivity index (χ4n) is 1.80. The molecule has 0 aliphatic carbocycles. The second-order valence-electron chi connectivity index (χ2n) is 4.22. The van der Waals surface area contributed by atoms with Crippen molar-refractivity contribution in [3.05, 3.63) is 29.8 Å². The number of phenolic OH excluding ortho intramolecular Hbond substituents is 1. The summed E-state index contributed by atoms with van der Waals surface area (Å²) in [5, 5.41) is 12.8. The standard InChI is InChI=1S/C13H17NO2S2/c15-11-3-1-2-10(6-11)7-13(16)14-8-12-9-17-4-5-18-12/h1-3,6,12,15H,4-5,7-9H2,(H,14,16). The molecule has 2 N–H and O–H groups in total. The highest BCUT2D eigenvalue weighted by molar-refractivity contribution is 8.06. The molecule has 0 saturated carbocycles. The van der Waals surface area contributed by atoms with Crippen LogP contribution in [0.2, 0.25) is 0 Å². The van der Waals surface area contributed by atoms with Crippen LogP contribution < -0.4 is 5.32 Å². The first-order valence-corrected chi connectivity index (χ1v) is 8.18. The molecule has 18 heavy (non-hydrogen) atoms. The molecule has 1 atom stereocenters. The Kier molecular flexibility index (Phi) is 5.26. The highest BCUT2D eigenvalue weighted by Gasteiger charge is 2.15. The summed E-state index contributed by atoms with van der Waals surface area (Å²) in [6, 6.07) is 6.85. The van der Waals surface area contributed by atoms with E-state index in [1.807, 2.05) is 29.6 Å². The van der Waals surface area contributed by atoms with Gasteiger partial charge >= 0.3 is 0 Å². The first-order valence-electron chi connectivity index (χ1n) is 5.98. The van der Waals surface area contributed by atoms with E-state index in [9.17, 15) is 9.90 Å². The maximum Gasteiger partial charge on any atom is 0.224 e. The number of thioether (sulfide) groups is 2. The number of nitrogens with one attached hydrogen (secondary N) is 1. The lowest BCUT2D eigenvalue weighted by molar-refractivity contribution is -0.120. The van der Waals surface area contributed by atoms with Gasteiger partial charge in [-0.1, -0.05) is 12.1 Å². The first kappa shape index (κ1) is 13.6. The Bertz CT molecular complexity index is 406. The smallest absolute Gasteiger partial charge is 0.224 e. The molecule has 0 aromatic heterocycles. The van der Waals surface area contributed by atoms with Crippen molar-refractivity contribution in [3.8, 4) is 5.75 Å². The number of carbonyl (C=O) groups excluding carboxylic acids is 1. The highest BCUT2D eigenvalue weighted by atomic mass is 32.2. The van der Waals surface area contributed by atoms with Crippen molar-refractivity contribution in [2.75, 3.05) is 23.8 Å². The van der Waals surface area contributed by atoms with Crippen LogP contribution in [0, 0.1) is 0 Å². The summed E-state index contributed by atoms with van der Waals surface area (Å²) in [6.07, 6.45) is 0.332. The molecule has 0 radical (unpaired) electrons. The van der Waals surface area contributed by atoms with Crippen molar-refractivity contribution in [2.45, 2.75) is 11.7 Å². The Labute approximate surface area is 116 Å². The van der Waals surface area contributed by atoms with Crippen LogP contribution in [0.4, 0.5) is 0 Å². The fraction of sp³-hybridized carbons (Fsp3) is 0.462. The predicted octanol–water partition coefficient (Wildman–Crippen LogP) is 1.90. The van der Waals surface area contributed by atoms with Gasteiger partial charge in [-0.25, -0.2) is 0 Å². The quantitative estimate of drug-likeness (QED) is 0.886. The van der Waals surface area contributed by atoms with Gasteiger partial charge in [0.1, 0.15) is 5.75 Å². The lowest BCUT2D eigenvalue weighted by Gasteiger charge is -2.21. The van der Waals surface area contributed by atoms with Gasteiger partial charge in [0.05, 0.1) is 6.42 Å². The average Bonchev–Trinajstić information content (AvgIpc) is 2.38. The number of amides is 1. The highest BCUT2D eigenvalue weighted by Crippen LogP contribution is 2.23. The summed E-state index contributed by atoms with van der Waals surface area (Å²) in [5.74, 6) is 3.75. The van der Waals surface area contributed by atoms with Crippen LogP contribution in [0.1, 0.15) is 5.56 Å². The van der Waals surface area contributed by atoms with E-state index in [1.165, 1.54) is 11.5 Å². The SMILES string of the molecule is O=C(Cc1cccc(O)c1)NCC1CSCCS1. The number of hydrogen-bond donors (Lipinski definition) is 2. The van der Waals surface area contributed by atoms with Gasteiger partial charge in [0.25, 0.3) is 0 Å². The van der Waals surface area contributed by atoms with E-state index in [0.717, 1.165) is 17.9 Å². The van der Waals surface area contributed by atoms with Crippen LogP contribution in [0.15, 0.2) is 24.3 Å². The molecular weight excluding hydrogens is 266 g/mol. The van der Waals surface area contributed by atoms with Gasteiger partial charge < -0.3 is 10.4 Å². The second kappa shape index (κ2) is 6.95. The zero-order valence-electron chi connectivity index (χ0n) is 10.1. The van der Waals surface area contributed by atoms with Gasteiger partial charge in [0, 0.05) is 29.1 Å². The summed E-state index contributed by atoms with van der Waals surface area (Å²) < 4.78 is 0. The van der Waals surface area contributed by atoms with Gasteiger partial charge in [-0.15, -0.1) is 0 Å². The minimum Gasteiger partial charge on any atom is -0.508 e. The molecule has 1 aromatic carbocycles. The molecule has 1 aromatic rings. The molecule has 3 nitrogen and oxygen atoms in total. The summed E-state index contributed by atoms with van der Waals surface area (Å²) >= 11 is 3.89. The van der Waals surface area contributed by atoms with Crippen molar-refractivity contribution in [3.63, 3.8) is 0 Å². The maximum atomic E-state index is 11.8. The second-order valence-corrected chi connectivity index (χ2v) is 6.78. The largest absolute Gasteiger partial charge is 0.508 e. The molecular formula is C13H17NO2S2. The van der Waals surface area contributed by atoms with E-state index >= 15 is 0 Å². The van der Waals surface area contributed by atoms with Crippen molar-refractivity contribution < 1.29 is 9.90 Å². The molecule has 1 amide bonds. The van der Waals surface area contributed by atoms with Gasteiger partial charge in [0.2, 0.25) is 5.91 Å². The molecule has 98 valence electrons. The van der Waals surface area contributed by atoms with Crippen LogP contribution in [0.5, 0.6) is 5.75 Å². The first-order chi connectivity index (χ1) is 8.74. The fourth-order valence-corrected chi connectivity index (χ4v) is 4.41. The third kappa shape index (κ3) is 4.46. The lowest BCUT2D eigenvalue weighted by Crippen LogP contribution is -2.34. The maximum absolute atomic E-state index is 11.8. The monoisotopic (exact) mass is 283 g/mol. The van der Waals surface area contributed by atoms with Crippen LogP contribution in [0.3, 0.4) is 0 Å². The molecule has 1 fully saturated rings. The van der Waals surface area contributed by atoms with Gasteiger partial charge in [-0.2, -0.15) is 23.5 Å². The van der Waals surface area contributed by atoms with E-state index in [-0.39, 0.29) is 11.7 Å². The van der Waals surface area contributed by atoms with E-state index in [0.29, 0.717) is 11.7 Å². The van der Waals surface area contributed by atoms with Gasteiger partial charge in [0.15, 0.2) is 0 Å². The predicted molar refractivity (Wildman–Crippen MR) is 78.4 cm³/mol. The van der Waals surface area contributed by atoms with E-state index in [4.69, 9.17) is 0 Å². The molecule has 5 heteroatoms. The molecule has 1 heterocycles. The topological polar surface area (TPSA) is 49.3 Å².